The molecule has 0 amide bonds. The van der Waals surface area contributed by atoms with Crippen molar-refractivity contribution in [2.24, 2.45) is 0 Å². The summed E-state index contributed by atoms with van der Waals surface area (Å²) in [4.78, 5) is 22.2. The lowest BCUT2D eigenvalue weighted by Crippen LogP contribution is -2.56. The molecule has 0 spiro atoms. The fourth-order valence-electron chi connectivity index (χ4n) is 2.53. The number of anilines is 1. The summed E-state index contributed by atoms with van der Waals surface area (Å²) in [6, 6.07) is 3.45. The third-order valence-electron chi connectivity index (χ3n) is 3.73. The second kappa shape index (κ2) is 6.87. The molecule has 1 unspecified atom stereocenters. The van der Waals surface area contributed by atoms with Gasteiger partial charge in [-0.15, -0.1) is 0 Å². The molecule has 7 nitrogen and oxygen atoms in total. The molecular formula is C15H19F3N2O5. The minimum atomic E-state index is -5.33. The van der Waals surface area contributed by atoms with Crippen molar-refractivity contribution in [3.05, 3.63) is 33.9 Å². The summed E-state index contributed by atoms with van der Waals surface area (Å²) in [5.74, 6) is -1.86. The van der Waals surface area contributed by atoms with Crippen molar-refractivity contribution in [1.82, 2.24) is 0 Å². The van der Waals surface area contributed by atoms with Gasteiger partial charge >= 0.3 is 12.1 Å². The molecule has 0 aliphatic carbocycles. The Morgan fingerprint density at radius 3 is 2.36 bits per heavy atom. The number of hydrogen-bond acceptors (Lipinski definition) is 6. The molecular weight excluding hydrogens is 345 g/mol. The van der Waals surface area contributed by atoms with Gasteiger partial charge in [0, 0.05) is 29.2 Å². The number of carbonyl (C=O) groups is 1. The molecule has 0 radical (unpaired) electrons. The highest BCUT2D eigenvalue weighted by atomic mass is 19.4. The lowest BCUT2D eigenvalue weighted by atomic mass is 9.74. The third kappa shape index (κ3) is 4.19. The first kappa shape index (κ1) is 20.7. The minimum absolute atomic E-state index is 0.0976. The van der Waals surface area contributed by atoms with Crippen molar-refractivity contribution in [1.29, 1.82) is 0 Å². The number of nitro groups is 1. The number of hydrogen-bond donors (Lipinski definition) is 2. The molecule has 0 saturated carbocycles. The van der Waals surface area contributed by atoms with Crippen LogP contribution in [0.3, 0.4) is 0 Å². The van der Waals surface area contributed by atoms with Gasteiger partial charge in [-0.3, -0.25) is 10.1 Å². The Kier molecular flexibility index (Phi) is 5.68. The highest BCUT2D eigenvalue weighted by Gasteiger charge is 2.62. The van der Waals surface area contributed by atoms with E-state index in [0.29, 0.717) is 0 Å². The van der Waals surface area contributed by atoms with Crippen LogP contribution >= 0.6 is 0 Å². The van der Waals surface area contributed by atoms with Crippen molar-refractivity contribution in [2.75, 3.05) is 12.3 Å². The highest BCUT2D eigenvalue weighted by Crippen LogP contribution is 2.44. The van der Waals surface area contributed by atoms with E-state index in [1.54, 1.807) is 0 Å². The predicted molar refractivity (Wildman–Crippen MR) is 82.8 cm³/mol. The van der Waals surface area contributed by atoms with Gasteiger partial charge in [0.1, 0.15) is 0 Å². The number of carbonyl (C=O) groups excluding carboxylic acids is 1. The van der Waals surface area contributed by atoms with Crippen LogP contribution in [0.1, 0.15) is 32.8 Å². The Morgan fingerprint density at radius 1 is 1.36 bits per heavy atom. The maximum atomic E-state index is 13.4. The Hall–Kier alpha value is -2.36. The van der Waals surface area contributed by atoms with Gasteiger partial charge in [-0.05, 0) is 19.1 Å². The SMILES string of the molecule is CCOC(=O)C(O)(CC(C)(C)c1cc(N)ccc1[N+](=O)[O-])C(F)(F)F. The topological polar surface area (TPSA) is 116 Å². The lowest BCUT2D eigenvalue weighted by molar-refractivity contribution is -0.386. The lowest BCUT2D eigenvalue weighted by Gasteiger charge is -2.35. The number of esters is 1. The Morgan fingerprint density at radius 2 is 1.92 bits per heavy atom. The number of ether oxygens (including phenoxy) is 1. The van der Waals surface area contributed by atoms with Crippen LogP contribution in [-0.4, -0.2) is 34.4 Å². The molecule has 0 saturated heterocycles. The first-order valence-corrected chi connectivity index (χ1v) is 7.27. The smallest absolute Gasteiger partial charge is 0.428 e. The predicted octanol–water partition coefficient (Wildman–Crippen LogP) is 2.70. The molecule has 0 aliphatic rings. The summed E-state index contributed by atoms with van der Waals surface area (Å²) in [6.45, 7) is 3.41. The van der Waals surface area contributed by atoms with Crippen LogP contribution in [0.15, 0.2) is 18.2 Å². The fourth-order valence-corrected chi connectivity index (χ4v) is 2.53. The van der Waals surface area contributed by atoms with Gasteiger partial charge in [-0.2, -0.15) is 13.2 Å². The summed E-state index contributed by atoms with van der Waals surface area (Å²) in [6.07, 6.45) is -6.50. The molecule has 3 N–H and O–H groups in total. The van der Waals surface area contributed by atoms with Crippen molar-refractivity contribution in [3.63, 3.8) is 0 Å². The summed E-state index contributed by atoms with van der Waals surface area (Å²) < 4.78 is 44.4. The van der Waals surface area contributed by atoms with Gasteiger partial charge in [0.25, 0.3) is 11.3 Å². The number of halogens is 3. The zero-order chi connectivity index (χ0) is 19.6. The molecule has 25 heavy (non-hydrogen) atoms. The monoisotopic (exact) mass is 364 g/mol. The summed E-state index contributed by atoms with van der Waals surface area (Å²) in [5, 5.41) is 21.2. The van der Waals surface area contributed by atoms with Crippen LogP contribution in [0.4, 0.5) is 24.5 Å². The molecule has 0 heterocycles. The molecule has 0 fully saturated rings. The van der Waals surface area contributed by atoms with Gasteiger partial charge in [0.2, 0.25) is 0 Å². The quantitative estimate of drug-likeness (QED) is 0.347. The number of nitrogens with zero attached hydrogens (tertiary/aromatic N) is 1. The Balaban J connectivity index is 3.45. The van der Waals surface area contributed by atoms with Gasteiger partial charge in [0.15, 0.2) is 0 Å². The van der Waals surface area contributed by atoms with E-state index in [2.05, 4.69) is 4.74 Å². The summed E-state index contributed by atoms with van der Waals surface area (Å²) >= 11 is 0. The number of nitrogens with two attached hydrogens (primary N) is 1. The average molecular weight is 364 g/mol. The van der Waals surface area contributed by atoms with Gasteiger partial charge in [-0.25, -0.2) is 4.79 Å². The van der Waals surface area contributed by atoms with E-state index in [-0.39, 0.29) is 17.9 Å². The van der Waals surface area contributed by atoms with Crippen LogP contribution in [-0.2, 0) is 14.9 Å². The second-order valence-corrected chi connectivity index (χ2v) is 6.17. The van der Waals surface area contributed by atoms with Crippen LogP contribution in [0.25, 0.3) is 0 Å². The Bertz CT molecular complexity index is 676. The molecule has 1 rings (SSSR count). The molecule has 1 aromatic carbocycles. The van der Waals surface area contributed by atoms with E-state index < -0.39 is 40.2 Å². The maximum absolute atomic E-state index is 13.4. The molecule has 10 heteroatoms. The van der Waals surface area contributed by atoms with E-state index in [4.69, 9.17) is 5.73 Å². The van der Waals surface area contributed by atoms with E-state index in [1.807, 2.05) is 0 Å². The van der Waals surface area contributed by atoms with E-state index >= 15 is 0 Å². The van der Waals surface area contributed by atoms with Crippen molar-refractivity contribution in [3.8, 4) is 0 Å². The fraction of sp³-hybridized carbons (Fsp3) is 0.533. The summed E-state index contributed by atoms with van der Waals surface area (Å²) in [7, 11) is 0. The summed E-state index contributed by atoms with van der Waals surface area (Å²) in [5.41, 5.74) is -0.351. The molecule has 1 atom stereocenters. The maximum Gasteiger partial charge on any atom is 0.428 e. The van der Waals surface area contributed by atoms with Gasteiger partial charge in [-0.1, -0.05) is 13.8 Å². The van der Waals surface area contributed by atoms with Crippen molar-refractivity contribution < 1.29 is 32.7 Å². The first-order chi connectivity index (χ1) is 11.3. The number of rotatable bonds is 6. The highest BCUT2D eigenvalue weighted by molar-refractivity contribution is 5.80. The number of aliphatic hydroxyl groups is 1. The molecule has 0 aliphatic heterocycles. The first-order valence-electron chi connectivity index (χ1n) is 7.27. The molecule has 0 bridgehead atoms. The second-order valence-electron chi connectivity index (χ2n) is 6.17. The van der Waals surface area contributed by atoms with E-state index in [0.717, 1.165) is 12.1 Å². The number of alkyl halides is 3. The zero-order valence-electron chi connectivity index (χ0n) is 13.9. The van der Waals surface area contributed by atoms with Gasteiger partial charge < -0.3 is 15.6 Å². The van der Waals surface area contributed by atoms with Gasteiger partial charge in [0.05, 0.1) is 11.5 Å². The van der Waals surface area contributed by atoms with Crippen LogP contribution < -0.4 is 5.73 Å². The molecule has 0 aromatic heterocycles. The zero-order valence-corrected chi connectivity index (χ0v) is 13.9. The van der Waals surface area contributed by atoms with Crippen LogP contribution in [0, 0.1) is 10.1 Å². The standard InChI is InChI=1S/C15H19F3N2O5/c1-4-25-12(21)14(22,15(16,17)18)8-13(2,3)10-7-9(19)5-6-11(10)20(23)24/h5-7,22H,4,8,19H2,1-3H3. The average Bonchev–Trinajstić information content (AvgIpc) is 2.45. The number of benzene rings is 1. The minimum Gasteiger partial charge on any atom is -0.464 e. The molecule has 1 aromatic rings. The number of nitrogen functional groups attached to an aromatic ring is 1. The molecule has 140 valence electrons. The Labute approximate surface area is 141 Å². The third-order valence-corrected chi connectivity index (χ3v) is 3.73. The normalized spacial score (nSPS) is 14.7. The van der Waals surface area contributed by atoms with Crippen LogP contribution in [0.2, 0.25) is 0 Å². The largest absolute Gasteiger partial charge is 0.464 e. The van der Waals surface area contributed by atoms with Crippen molar-refractivity contribution in [2.45, 2.75) is 44.4 Å². The van der Waals surface area contributed by atoms with Crippen LogP contribution in [0.5, 0.6) is 0 Å². The van der Waals surface area contributed by atoms with E-state index in [1.165, 1.54) is 26.8 Å². The van der Waals surface area contributed by atoms with E-state index in [9.17, 15) is 33.2 Å². The van der Waals surface area contributed by atoms with Crippen molar-refractivity contribution >= 4 is 17.3 Å². The number of nitro benzene ring substituents is 1.